The Balaban J connectivity index is 1.98. The minimum Gasteiger partial charge on any atom is -0.452 e. The number of nitrogens with one attached hydrogen (secondary N) is 1. The molecule has 0 aliphatic heterocycles. The number of nitro groups is 1. The van der Waals surface area contributed by atoms with E-state index in [9.17, 15) is 19.7 Å². The number of nitro benzene ring substituents is 1. The zero-order chi connectivity index (χ0) is 20.7. The van der Waals surface area contributed by atoms with Gasteiger partial charge in [0.15, 0.2) is 6.61 Å². The molecule has 2 aromatic carbocycles. The van der Waals surface area contributed by atoms with Gasteiger partial charge in [-0.15, -0.1) is 0 Å². The summed E-state index contributed by atoms with van der Waals surface area (Å²) in [4.78, 5) is 36.9. The maximum atomic E-state index is 12.2. The highest BCUT2D eigenvalue weighted by atomic mass is 16.6. The number of hydrogen-bond acceptors (Lipinski definition) is 6. The van der Waals surface area contributed by atoms with Crippen molar-refractivity contribution in [1.82, 2.24) is 0 Å². The molecule has 0 bridgehead atoms. The van der Waals surface area contributed by atoms with Crippen LogP contribution in [0.1, 0.15) is 29.8 Å². The Morgan fingerprint density at radius 3 is 2.32 bits per heavy atom. The Hall–Kier alpha value is -3.42. The molecule has 0 atom stereocenters. The van der Waals surface area contributed by atoms with Gasteiger partial charge in [0.05, 0.1) is 4.92 Å². The lowest BCUT2D eigenvalue weighted by atomic mass is 10.1. The average molecular weight is 385 g/mol. The molecule has 8 heteroatoms. The summed E-state index contributed by atoms with van der Waals surface area (Å²) < 4.78 is 4.97. The summed E-state index contributed by atoms with van der Waals surface area (Å²) in [6.45, 7) is 6.91. The van der Waals surface area contributed by atoms with Gasteiger partial charge in [0, 0.05) is 30.5 Å². The van der Waals surface area contributed by atoms with E-state index in [2.05, 4.69) is 24.1 Å². The van der Waals surface area contributed by atoms with Gasteiger partial charge in [-0.05, 0) is 50.6 Å². The average Bonchev–Trinajstić information content (AvgIpc) is 2.68. The molecule has 0 saturated carbocycles. The van der Waals surface area contributed by atoms with Crippen molar-refractivity contribution in [2.24, 2.45) is 0 Å². The fraction of sp³-hybridized carbons (Fsp3) is 0.300. The van der Waals surface area contributed by atoms with Crippen LogP contribution in [0.25, 0.3) is 0 Å². The topological polar surface area (TPSA) is 102 Å². The highest BCUT2D eigenvalue weighted by molar-refractivity contribution is 5.98. The van der Waals surface area contributed by atoms with Crippen LogP contribution in [0.15, 0.2) is 42.5 Å². The number of carbonyl (C=O) groups is 2. The number of hydrogen-bond donors (Lipinski definition) is 1. The molecule has 0 heterocycles. The van der Waals surface area contributed by atoms with E-state index >= 15 is 0 Å². The molecule has 0 unspecified atom stereocenters. The maximum absolute atomic E-state index is 12.2. The first-order chi connectivity index (χ1) is 13.4. The summed E-state index contributed by atoms with van der Waals surface area (Å²) in [5.74, 6) is -1.43. The largest absolute Gasteiger partial charge is 0.452 e. The van der Waals surface area contributed by atoms with Gasteiger partial charge in [-0.2, -0.15) is 0 Å². The number of nitrogens with zero attached hydrogens (tertiary/aromatic N) is 2. The van der Waals surface area contributed by atoms with E-state index < -0.39 is 23.4 Å². The lowest BCUT2D eigenvalue weighted by Gasteiger charge is -2.21. The zero-order valence-corrected chi connectivity index (χ0v) is 16.1. The third-order valence-corrected chi connectivity index (χ3v) is 4.27. The number of aryl methyl sites for hydroxylation is 1. The second-order valence-electron chi connectivity index (χ2n) is 6.07. The highest BCUT2D eigenvalue weighted by Crippen LogP contribution is 2.23. The van der Waals surface area contributed by atoms with Crippen LogP contribution in [0.3, 0.4) is 0 Å². The fourth-order valence-electron chi connectivity index (χ4n) is 2.81. The molecule has 2 aromatic rings. The first-order valence-corrected chi connectivity index (χ1v) is 8.93. The third-order valence-electron chi connectivity index (χ3n) is 4.27. The van der Waals surface area contributed by atoms with Crippen LogP contribution in [-0.2, 0) is 9.53 Å². The molecule has 0 aliphatic carbocycles. The second-order valence-corrected chi connectivity index (χ2v) is 6.07. The maximum Gasteiger partial charge on any atom is 0.345 e. The molecular formula is C20H23N3O5. The second kappa shape index (κ2) is 9.50. The van der Waals surface area contributed by atoms with Gasteiger partial charge in [0.25, 0.3) is 11.6 Å². The molecule has 1 amide bonds. The minimum absolute atomic E-state index is 0.149. The Kier molecular flexibility index (Phi) is 7.08. The number of amides is 1. The smallest absolute Gasteiger partial charge is 0.345 e. The van der Waals surface area contributed by atoms with E-state index in [0.29, 0.717) is 11.3 Å². The van der Waals surface area contributed by atoms with Gasteiger partial charge in [-0.25, -0.2) is 4.79 Å². The van der Waals surface area contributed by atoms with Gasteiger partial charge < -0.3 is 15.0 Å². The van der Waals surface area contributed by atoms with Crippen LogP contribution < -0.4 is 10.2 Å². The predicted octanol–water partition coefficient (Wildman–Crippen LogP) is 3.54. The van der Waals surface area contributed by atoms with E-state index in [1.807, 2.05) is 12.1 Å². The molecule has 0 spiro atoms. The van der Waals surface area contributed by atoms with E-state index in [-0.39, 0.29) is 11.3 Å². The lowest BCUT2D eigenvalue weighted by Crippen LogP contribution is -2.22. The lowest BCUT2D eigenvalue weighted by molar-refractivity contribution is -0.385. The third kappa shape index (κ3) is 5.06. The summed E-state index contributed by atoms with van der Waals surface area (Å²) in [6.07, 6.45) is 0. The summed E-state index contributed by atoms with van der Waals surface area (Å²) in [6, 6.07) is 11.6. The molecule has 148 valence electrons. The Morgan fingerprint density at radius 2 is 1.75 bits per heavy atom. The van der Waals surface area contributed by atoms with Gasteiger partial charge >= 0.3 is 5.97 Å². The van der Waals surface area contributed by atoms with Gasteiger partial charge in [0.1, 0.15) is 5.56 Å². The van der Waals surface area contributed by atoms with E-state index in [0.717, 1.165) is 18.8 Å². The number of rotatable bonds is 8. The first-order valence-electron chi connectivity index (χ1n) is 8.93. The van der Waals surface area contributed by atoms with Crippen molar-refractivity contribution in [3.8, 4) is 0 Å². The molecule has 0 saturated heterocycles. The summed E-state index contributed by atoms with van der Waals surface area (Å²) >= 11 is 0. The van der Waals surface area contributed by atoms with Gasteiger partial charge in [-0.3, -0.25) is 14.9 Å². The standard InChI is InChI=1S/C20H23N3O5/c1-4-22(5-2)16-11-9-15(10-12-16)21-18(24)13-28-20(25)19-14(3)7-6-8-17(19)23(26)27/h6-12H,4-5,13H2,1-3H3,(H,21,24). The molecule has 0 aliphatic rings. The van der Waals surface area contributed by atoms with Crippen LogP contribution >= 0.6 is 0 Å². The molecular weight excluding hydrogens is 362 g/mol. The summed E-state index contributed by atoms with van der Waals surface area (Å²) in [5.41, 5.74) is 1.52. The monoisotopic (exact) mass is 385 g/mol. The number of ether oxygens (including phenoxy) is 1. The van der Waals surface area contributed by atoms with Crippen molar-refractivity contribution in [1.29, 1.82) is 0 Å². The molecule has 28 heavy (non-hydrogen) atoms. The molecule has 0 fully saturated rings. The number of esters is 1. The van der Waals surface area contributed by atoms with Crippen molar-refractivity contribution >= 4 is 28.9 Å². The van der Waals surface area contributed by atoms with Gasteiger partial charge in [0.2, 0.25) is 0 Å². The SMILES string of the molecule is CCN(CC)c1ccc(NC(=O)COC(=O)c2c(C)cccc2[N+](=O)[O-])cc1. The normalized spacial score (nSPS) is 10.2. The van der Waals surface area contributed by atoms with Crippen LogP contribution in [0.4, 0.5) is 17.1 Å². The predicted molar refractivity (Wildman–Crippen MR) is 107 cm³/mol. The molecule has 0 radical (unpaired) electrons. The van der Waals surface area contributed by atoms with Crippen LogP contribution in [0.5, 0.6) is 0 Å². The molecule has 1 N–H and O–H groups in total. The van der Waals surface area contributed by atoms with E-state index in [1.54, 1.807) is 25.1 Å². The van der Waals surface area contributed by atoms with Crippen LogP contribution in [-0.4, -0.2) is 36.5 Å². The number of benzene rings is 2. The van der Waals surface area contributed by atoms with Crippen LogP contribution in [0.2, 0.25) is 0 Å². The van der Waals surface area contributed by atoms with E-state index in [1.165, 1.54) is 12.1 Å². The summed E-state index contributed by atoms with van der Waals surface area (Å²) in [5, 5.41) is 13.7. The zero-order valence-electron chi connectivity index (χ0n) is 16.1. The van der Waals surface area contributed by atoms with E-state index in [4.69, 9.17) is 4.74 Å². The summed E-state index contributed by atoms with van der Waals surface area (Å²) in [7, 11) is 0. The van der Waals surface area contributed by atoms with Gasteiger partial charge in [-0.1, -0.05) is 12.1 Å². The van der Waals surface area contributed by atoms with Crippen molar-refractivity contribution in [2.45, 2.75) is 20.8 Å². The number of anilines is 2. The van der Waals surface area contributed by atoms with Crippen molar-refractivity contribution in [3.63, 3.8) is 0 Å². The molecule has 2 rings (SSSR count). The Labute approximate surface area is 163 Å². The quantitative estimate of drug-likeness (QED) is 0.424. The first kappa shape index (κ1) is 20.9. The number of carbonyl (C=O) groups excluding carboxylic acids is 2. The fourth-order valence-corrected chi connectivity index (χ4v) is 2.81. The minimum atomic E-state index is -0.906. The Bertz CT molecular complexity index is 861. The van der Waals surface area contributed by atoms with Crippen molar-refractivity contribution in [2.75, 3.05) is 29.9 Å². The highest BCUT2D eigenvalue weighted by Gasteiger charge is 2.24. The molecule has 0 aromatic heterocycles. The Morgan fingerprint density at radius 1 is 1.11 bits per heavy atom. The molecule has 8 nitrogen and oxygen atoms in total. The van der Waals surface area contributed by atoms with Crippen molar-refractivity contribution in [3.05, 3.63) is 63.7 Å². The van der Waals surface area contributed by atoms with Crippen molar-refractivity contribution < 1.29 is 19.2 Å². The van der Waals surface area contributed by atoms with Crippen LogP contribution in [0, 0.1) is 17.0 Å².